The van der Waals surface area contributed by atoms with Crippen LogP contribution in [0.1, 0.15) is 25.3 Å². The fraction of sp³-hybridized carbons (Fsp3) is 0.500. The van der Waals surface area contributed by atoms with Crippen molar-refractivity contribution in [1.29, 1.82) is 0 Å². The maximum Gasteiger partial charge on any atom is 0.321 e. The Morgan fingerprint density at radius 2 is 2.30 bits per heavy atom. The topological polar surface area (TPSA) is 102 Å². The van der Waals surface area contributed by atoms with Crippen LogP contribution in [0.25, 0.3) is 5.65 Å². The average molecular weight is 279 g/mol. The molecule has 2 rings (SSSR count). The highest BCUT2D eigenvalue weighted by Gasteiger charge is 2.13. The third-order valence-corrected chi connectivity index (χ3v) is 2.74. The standard InChI is InChI=1S/C12H17N5O3/c1-3-6-13-11-16-12(20-2)15-10-8(4-5-9(18)19)7-14-17(10)11/h7H,3-6H2,1-2H3,(H,18,19)(H,13,15,16). The quantitative estimate of drug-likeness (QED) is 0.778. The first-order chi connectivity index (χ1) is 9.65. The van der Waals surface area contributed by atoms with Crippen molar-refractivity contribution >= 4 is 17.6 Å². The highest BCUT2D eigenvalue weighted by atomic mass is 16.5. The van der Waals surface area contributed by atoms with Gasteiger partial charge in [0.1, 0.15) is 0 Å². The Hall–Kier alpha value is -2.38. The molecule has 0 aliphatic heterocycles. The van der Waals surface area contributed by atoms with Crippen LogP contribution >= 0.6 is 0 Å². The van der Waals surface area contributed by atoms with Crippen molar-refractivity contribution in [2.24, 2.45) is 0 Å². The first kappa shape index (κ1) is 14.0. The van der Waals surface area contributed by atoms with Crippen LogP contribution in [-0.4, -0.2) is 44.3 Å². The van der Waals surface area contributed by atoms with E-state index in [1.807, 2.05) is 6.92 Å². The molecule has 0 spiro atoms. The van der Waals surface area contributed by atoms with Crippen LogP contribution in [0.5, 0.6) is 6.01 Å². The molecule has 108 valence electrons. The van der Waals surface area contributed by atoms with Crippen LogP contribution in [0.15, 0.2) is 6.20 Å². The Kier molecular flexibility index (Phi) is 4.34. The molecule has 8 nitrogen and oxygen atoms in total. The SMILES string of the molecule is CCCNc1nc(OC)nc2c(CCC(=O)O)cnn12. The maximum absolute atomic E-state index is 10.7. The van der Waals surface area contributed by atoms with Gasteiger partial charge in [-0.1, -0.05) is 6.92 Å². The Balaban J connectivity index is 2.39. The van der Waals surface area contributed by atoms with Crippen LogP contribution in [0.4, 0.5) is 5.95 Å². The molecular formula is C12H17N5O3. The Morgan fingerprint density at radius 1 is 1.50 bits per heavy atom. The number of nitrogens with zero attached hydrogens (tertiary/aromatic N) is 4. The number of rotatable bonds is 7. The molecular weight excluding hydrogens is 262 g/mol. The van der Waals surface area contributed by atoms with E-state index >= 15 is 0 Å². The monoisotopic (exact) mass is 279 g/mol. The van der Waals surface area contributed by atoms with Gasteiger partial charge in [0.05, 0.1) is 13.3 Å². The van der Waals surface area contributed by atoms with Gasteiger partial charge in [-0.05, 0) is 12.8 Å². The zero-order valence-corrected chi connectivity index (χ0v) is 11.5. The number of hydrogen-bond donors (Lipinski definition) is 2. The third kappa shape index (κ3) is 2.95. The lowest BCUT2D eigenvalue weighted by Gasteiger charge is -2.07. The Labute approximate surface area is 115 Å². The van der Waals surface area contributed by atoms with Gasteiger partial charge in [0.25, 0.3) is 0 Å². The molecule has 20 heavy (non-hydrogen) atoms. The Morgan fingerprint density at radius 3 is 2.95 bits per heavy atom. The summed E-state index contributed by atoms with van der Waals surface area (Å²) in [6.07, 6.45) is 2.96. The van der Waals surface area contributed by atoms with E-state index in [0.717, 1.165) is 18.5 Å². The van der Waals surface area contributed by atoms with Crippen molar-refractivity contribution in [3.05, 3.63) is 11.8 Å². The number of methoxy groups -OCH3 is 1. The maximum atomic E-state index is 10.7. The third-order valence-electron chi connectivity index (χ3n) is 2.74. The van der Waals surface area contributed by atoms with Gasteiger partial charge in [0.2, 0.25) is 5.95 Å². The second-order valence-electron chi connectivity index (χ2n) is 4.26. The van der Waals surface area contributed by atoms with Crippen molar-refractivity contribution in [3.8, 4) is 6.01 Å². The molecule has 0 saturated heterocycles. The van der Waals surface area contributed by atoms with Gasteiger partial charge in [-0.25, -0.2) is 0 Å². The summed E-state index contributed by atoms with van der Waals surface area (Å²) in [6, 6.07) is 0.230. The number of carboxylic acid groups (broad SMARTS) is 1. The molecule has 0 aliphatic rings. The molecule has 2 aromatic rings. The number of aromatic nitrogens is 4. The van der Waals surface area contributed by atoms with E-state index in [1.165, 1.54) is 7.11 Å². The molecule has 0 aliphatic carbocycles. The molecule has 0 unspecified atom stereocenters. The predicted octanol–water partition coefficient (Wildman–Crippen LogP) is 0.972. The first-order valence-electron chi connectivity index (χ1n) is 6.40. The lowest BCUT2D eigenvalue weighted by atomic mass is 10.2. The normalized spacial score (nSPS) is 10.7. The molecule has 0 fully saturated rings. The number of carbonyl (C=O) groups is 1. The number of nitrogens with one attached hydrogen (secondary N) is 1. The van der Waals surface area contributed by atoms with Crippen LogP contribution in [0.2, 0.25) is 0 Å². The van der Waals surface area contributed by atoms with E-state index in [0.29, 0.717) is 18.0 Å². The molecule has 2 N–H and O–H groups in total. The fourth-order valence-corrected chi connectivity index (χ4v) is 1.76. The van der Waals surface area contributed by atoms with Gasteiger partial charge in [-0.3, -0.25) is 4.79 Å². The van der Waals surface area contributed by atoms with Crippen molar-refractivity contribution in [2.75, 3.05) is 19.0 Å². The second kappa shape index (κ2) is 6.18. The fourth-order valence-electron chi connectivity index (χ4n) is 1.76. The smallest absolute Gasteiger partial charge is 0.321 e. The summed E-state index contributed by atoms with van der Waals surface area (Å²) in [4.78, 5) is 19.1. The number of anilines is 1. The highest BCUT2D eigenvalue weighted by Crippen LogP contribution is 2.17. The van der Waals surface area contributed by atoms with E-state index in [2.05, 4.69) is 20.4 Å². The summed E-state index contributed by atoms with van der Waals surface area (Å²) in [5.74, 6) is -0.315. The van der Waals surface area contributed by atoms with Crippen molar-refractivity contribution in [1.82, 2.24) is 19.6 Å². The van der Waals surface area contributed by atoms with Crippen LogP contribution < -0.4 is 10.1 Å². The summed E-state index contributed by atoms with van der Waals surface area (Å²) in [6.45, 7) is 2.80. The van der Waals surface area contributed by atoms with Gasteiger partial charge < -0.3 is 15.2 Å². The predicted molar refractivity (Wildman–Crippen MR) is 72.1 cm³/mol. The van der Waals surface area contributed by atoms with E-state index in [4.69, 9.17) is 9.84 Å². The number of carboxylic acids is 1. The van der Waals surface area contributed by atoms with E-state index in [1.54, 1.807) is 10.7 Å². The summed E-state index contributed by atoms with van der Waals surface area (Å²) >= 11 is 0. The largest absolute Gasteiger partial charge is 0.481 e. The molecule has 0 bridgehead atoms. The summed E-state index contributed by atoms with van der Waals surface area (Å²) < 4.78 is 6.64. The van der Waals surface area contributed by atoms with Crippen molar-refractivity contribution in [3.63, 3.8) is 0 Å². The molecule has 0 radical (unpaired) electrons. The molecule has 0 saturated carbocycles. The minimum Gasteiger partial charge on any atom is -0.481 e. The highest BCUT2D eigenvalue weighted by molar-refractivity contribution is 5.67. The van der Waals surface area contributed by atoms with E-state index < -0.39 is 5.97 Å². The minimum atomic E-state index is -0.852. The van der Waals surface area contributed by atoms with Gasteiger partial charge in [0.15, 0.2) is 5.65 Å². The van der Waals surface area contributed by atoms with E-state index in [9.17, 15) is 4.79 Å². The molecule has 8 heteroatoms. The lowest BCUT2D eigenvalue weighted by molar-refractivity contribution is -0.136. The molecule has 0 aromatic carbocycles. The van der Waals surface area contributed by atoms with Crippen LogP contribution in [0.3, 0.4) is 0 Å². The molecule has 2 aromatic heterocycles. The molecule has 0 amide bonds. The lowest BCUT2D eigenvalue weighted by Crippen LogP contribution is -2.10. The zero-order valence-electron chi connectivity index (χ0n) is 11.5. The number of aryl methyl sites for hydroxylation is 1. The van der Waals surface area contributed by atoms with E-state index in [-0.39, 0.29) is 12.4 Å². The number of hydrogen-bond acceptors (Lipinski definition) is 6. The summed E-state index contributed by atoms with van der Waals surface area (Å²) in [5.41, 5.74) is 1.32. The van der Waals surface area contributed by atoms with Crippen LogP contribution in [0, 0.1) is 0 Å². The minimum absolute atomic E-state index is 0.0331. The van der Waals surface area contributed by atoms with Gasteiger partial charge >= 0.3 is 12.0 Å². The first-order valence-corrected chi connectivity index (χ1v) is 6.40. The number of aliphatic carboxylic acids is 1. The average Bonchev–Trinajstić information content (AvgIpc) is 2.85. The van der Waals surface area contributed by atoms with Gasteiger partial charge in [-0.15, -0.1) is 0 Å². The molecule has 2 heterocycles. The number of fused-ring (bicyclic) bond motifs is 1. The zero-order chi connectivity index (χ0) is 14.5. The van der Waals surface area contributed by atoms with Crippen molar-refractivity contribution < 1.29 is 14.6 Å². The van der Waals surface area contributed by atoms with Gasteiger partial charge in [0, 0.05) is 18.5 Å². The number of ether oxygens (including phenoxy) is 1. The Bertz CT molecular complexity index is 610. The molecule has 0 atom stereocenters. The summed E-state index contributed by atoms with van der Waals surface area (Å²) in [5, 5.41) is 16.1. The van der Waals surface area contributed by atoms with Crippen LogP contribution in [-0.2, 0) is 11.2 Å². The van der Waals surface area contributed by atoms with Crippen molar-refractivity contribution in [2.45, 2.75) is 26.2 Å². The second-order valence-corrected chi connectivity index (χ2v) is 4.26. The summed E-state index contributed by atoms with van der Waals surface area (Å²) in [7, 11) is 1.49. The van der Waals surface area contributed by atoms with Gasteiger partial charge in [-0.2, -0.15) is 19.6 Å².